The second-order valence-corrected chi connectivity index (χ2v) is 6.41. The van der Waals surface area contributed by atoms with Gasteiger partial charge in [0.1, 0.15) is 0 Å². The third-order valence-electron chi connectivity index (χ3n) is 4.12. The Hall–Kier alpha value is -0.0400. The molecular weight excluding hydrogens is 182 g/mol. The lowest BCUT2D eigenvalue weighted by atomic mass is 9.79. The molecule has 3 unspecified atom stereocenters. The van der Waals surface area contributed by atoms with Crippen LogP contribution in [0.5, 0.6) is 0 Å². The molecular formula is C14H29N. The second-order valence-electron chi connectivity index (χ2n) is 6.41. The predicted octanol–water partition coefficient (Wildman–Crippen LogP) is 3.84. The fourth-order valence-electron chi connectivity index (χ4n) is 2.83. The molecule has 0 aromatic carbocycles. The maximum Gasteiger partial charge on any atom is 0.00954 e. The van der Waals surface area contributed by atoms with Crippen molar-refractivity contribution in [2.24, 2.45) is 17.3 Å². The van der Waals surface area contributed by atoms with Gasteiger partial charge in [0.05, 0.1) is 0 Å². The fraction of sp³-hybridized carbons (Fsp3) is 1.00. The Morgan fingerprint density at radius 2 is 2.07 bits per heavy atom. The van der Waals surface area contributed by atoms with Gasteiger partial charge in [0.25, 0.3) is 0 Å². The zero-order chi connectivity index (χ0) is 11.5. The van der Waals surface area contributed by atoms with Crippen LogP contribution in [0.3, 0.4) is 0 Å². The molecule has 1 fully saturated rings. The maximum absolute atomic E-state index is 3.75. The quantitative estimate of drug-likeness (QED) is 0.748. The van der Waals surface area contributed by atoms with Gasteiger partial charge in [-0.15, -0.1) is 0 Å². The Morgan fingerprint density at radius 1 is 1.40 bits per heavy atom. The van der Waals surface area contributed by atoms with Crippen LogP contribution >= 0.6 is 0 Å². The van der Waals surface area contributed by atoms with Gasteiger partial charge in [0, 0.05) is 6.04 Å². The molecule has 1 aliphatic rings. The van der Waals surface area contributed by atoms with Gasteiger partial charge >= 0.3 is 0 Å². The molecule has 1 nitrogen and oxygen atoms in total. The van der Waals surface area contributed by atoms with Crippen molar-refractivity contribution in [3.05, 3.63) is 0 Å². The van der Waals surface area contributed by atoms with Crippen LogP contribution in [0.15, 0.2) is 0 Å². The Kier molecular flexibility index (Phi) is 4.64. The number of hydrogen-bond donors (Lipinski definition) is 1. The third-order valence-corrected chi connectivity index (χ3v) is 4.12. The third kappa shape index (κ3) is 4.14. The number of nitrogens with one attached hydrogen (secondary N) is 1. The normalized spacial score (nSPS) is 33.4. The average molecular weight is 211 g/mol. The number of hydrogen-bond acceptors (Lipinski definition) is 1. The first kappa shape index (κ1) is 13.0. The first-order valence-electron chi connectivity index (χ1n) is 6.68. The first-order valence-corrected chi connectivity index (χ1v) is 6.68. The van der Waals surface area contributed by atoms with Gasteiger partial charge in [-0.1, -0.05) is 41.0 Å². The molecule has 1 heteroatoms. The Morgan fingerprint density at radius 3 is 2.67 bits per heavy atom. The average Bonchev–Trinajstić information content (AvgIpc) is 2.25. The molecule has 0 bridgehead atoms. The van der Waals surface area contributed by atoms with E-state index in [0.717, 1.165) is 17.9 Å². The molecule has 0 spiro atoms. The lowest BCUT2D eigenvalue weighted by Gasteiger charge is -2.28. The highest BCUT2D eigenvalue weighted by Gasteiger charge is 2.29. The van der Waals surface area contributed by atoms with Crippen molar-refractivity contribution in [3.63, 3.8) is 0 Å². The van der Waals surface area contributed by atoms with Crippen LogP contribution in [0.1, 0.15) is 60.3 Å². The van der Waals surface area contributed by atoms with Crippen LogP contribution in [0, 0.1) is 17.3 Å². The molecule has 0 radical (unpaired) electrons. The van der Waals surface area contributed by atoms with Crippen molar-refractivity contribution in [3.8, 4) is 0 Å². The first-order chi connectivity index (χ1) is 6.94. The van der Waals surface area contributed by atoms with E-state index in [2.05, 4.69) is 39.9 Å². The van der Waals surface area contributed by atoms with Gasteiger partial charge in [-0.05, 0) is 43.1 Å². The van der Waals surface area contributed by atoms with E-state index >= 15 is 0 Å². The molecule has 0 aliphatic carbocycles. The SMILES string of the molecule is CCC(C)CC1NCCC(C)(C)CC1C. The van der Waals surface area contributed by atoms with E-state index in [1.807, 2.05) is 0 Å². The lowest BCUT2D eigenvalue weighted by Crippen LogP contribution is -2.35. The summed E-state index contributed by atoms with van der Waals surface area (Å²) >= 11 is 0. The molecule has 15 heavy (non-hydrogen) atoms. The van der Waals surface area contributed by atoms with Crippen LogP contribution in [0.25, 0.3) is 0 Å². The van der Waals surface area contributed by atoms with Crippen molar-refractivity contribution in [2.45, 2.75) is 66.3 Å². The zero-order valence-electron chi connectivity index (χ0n) is 11.3. The largest absolute Gasteiger partial charge is 0.314 e. The Balaban J connectivity index is 2.51. The highest BCUT2D eigenvalue weighted by molar-refractivity contribution is 4.85. The van der Waals surface area contributed by atoms with E-state index in [1.54, 1.807) is 0 Å². The molecule has 1 aliphatic heterocycles. The van der Waals surface area contributed by atoms with Gasteiger partial charge in [-0.3, -0.25) is 0 Å². The van der Waals surface area contributed by atoms with Gasteiger partial charge in [-0.2, -0.15) is 0 Å². The maximum atomic E-state index is 3.75. The fourth-order valence-corrected chi connectivity index (χ4v) is 2.83. The van der Waals surface area contributed by atoms with Crippen molar-refractivity contribution in [1.82, 2.24) is 5.32 Å². The highest BCUT2D eigenvalue weighted by Crippen LogP contribution is 2.34. The molecule has 0 aromatic heterocycles. The summed E-state index contributed by atoms with van der Waals surface area (Å²) in [5.41, 5.74) is 0.538. The summed E-state index contributed by atoms with van der Waals surface area (Å²) < 4.78 is 0. The standard InChI is InChI=1S/C14H29N/c1-6-11(2)9-13-12(3)10-14(4,5)7-8-15-13/h11-13,15H,6-10H2,1-5H3. The molecule has 3 atom stereocenters. The Labute approximate surface area is 96.0 Å². The summed E-state index contributed by atoms with van der Waals surface area (Å²) in [5.74, 6) is 1.70. The van der Waals surface area contributed by atoms with Crippen molar-refractivity contribution < 1.29 is 0 Å². The van der Waals surface area contributed by atoms with Crippen molar-refractivity contribution in [1.29, 1.82) is 0 Å². The molecule has 1 N–H and O–H groups in total. The van der Waals surface area contributed by atoms with Crippen LogP contribution in [-0.4, -0.2) is 12.6 Å². The molecule has 1 saturated heterocycles. The van der Waals surface area contributed by atoms with E-state index < -0.39 is 0 Å². The van der Waals surface area contributed by atoms with E-state index in [0.29, 0.717) is 5.41 Å². The smallest absolute Gasteiger partial charge is 0.00954 e. The van der Waals surface area contributed by atoms with Gasteiger partial charge in [0.2, 0.25) is 0 Å². The van der Waals surface area contributed by atoms with E-state index in [-0.39, 0.29) is 0 Å². The minimum atomic E-state index is 0.538. The summed E-state index contributed by atoms with van der Waals surface area (Å²) in [4.78, 5) is 0. The van der Waals surface area contributed by atoms with E-state index in [1.165, 1.54) is 32.2 Å². The monoisotopic (exact) mass is 211 g/mol. The van der Waals surface area contributed by atoms with Gasteiger partial charge in [0.15, 0.2) is 0 Å². The van der Waals surface area contributed by atoms with Crippen LogP contribution in [0.4, 0.5) is 0 Å². The summed E-state index contributed by atoms with van der Waals surface area (Å²) in [5, 5.41) is 3.75. The molecule has 1 heterocycles. The molecule has 0 aromatic rings. The minimum Gasteiger partial charge on any atom is -0.314 e. The van der Waals surface area contributed by atoms with Crippen LogP contribution in [-0.2, 0) is 0 Å². The topological polar surface area (TPSA) is 12.0 Å². The van der Waals surface area contributed by atoms with E-state index in [9.17, 15) is 0 Å². The van der Waals surface area contributed by atoms with Crippen molar-refractivity contribution >= 4 is 0 Å². The Bertz CT molecular complexity index is 186. The molecule has 90 valence electrons. The number of rotatable bonds is 3. The lowest BCUT2D eigenvalue weighted by molar-refractivity contribution is 0.253. The van der Waals surface area contributed by atoms with Crippen LogP contribution in [0.2, 0.25) is 0 Å². The minimum absolute atomic E-state index is 0.538. The zero-order valence-corrected chi connectivity index (χ0v) is 11.3. The molecule has 1 rings (SSSR count). The molecule has 0 amide bonds. The van der Waals surface area contributed by atoms with Crippen molar-refractivity contribution in [2.75, 3.05) is 6.54 Å². The van der Waals surface area contributed by atoms with Gasteiger partial charge < -0.3 is 5.32 Å². The van der Waals surface area contributed by atoms with Gasteiger partial charge in [-0.25, -0.2) is 0 Å². The molecule has 0 saturated carbocycles. The predicted molar refractivity (Wildman–Crippen MR) is 68.0 cm³/mol. The van der Waals surface area contributed by atoms with Crippen LogP contribution < -0.4 is 5.32 Å². The summed E-state index contributed by atoms with van der Waals surface area (Å²) in [7, 11) is 0. The second kappa shape index (κ2) is 5.34. The summed E-state index contributed by atoms with van der Waals surface area (Å²) in [6.45, 7) is 13.1. The summed E-state index contributed by atoms with van der Waals surface area (Å²) in [6.07, 6.45) is 5.37. The highest BCUT2D eigenvalue weighted by atomic mass is 14.9. The summed E-state index contributed by atoms with van der Waals surface area (Å²) in [6, 6.07) is 0.752. The van der Waals surface area contributed by atoms with E-state index in [4.69, 9.17) is 0 Å².